The van der Waals surface area contributed by atoms with Crippen LogP contribution in [0, 0.1) is 20.8 Å². The molecule has 86 valence electrons. The molecule has 0 N–H and O–H groups in total. The maximum Gasteiger partial charge on any atom is 0.249 e. The molecule has 0 aliphatic rings. The van der Waals surface area contributed by atoms with E-state index in [4.69, 9.17) is 4.42 Å². The molecule has 0 atom stereocenters. The second kappa shape index (κ2) is 3.38. The van der Waals surface area contributed by atoms with E-state index in [2.05, 4.69) is 20.3 Å². The number of rotatable bonds is 1. The molecule has 0 saturated heterocycles. The molecular formula is C11H11N5O. The summed E-state index contributed by atoms with van der Waals surface area (Å²) in [5.74, 6) is 1.07. The summed E-state index contributed by atoms with van der Waals surface area (Å²) >= 11 is 0. The highest BCUT2D eigenvalue weighted by Gasteiger charge is 2.15. The normalized spacial score (nSPS) is 11.2. The van der Waals surface area contributed by atoms with Gasteiger partial charge in [-0.2, -0.15) is 5.10 Å². The van der Waals surface area contributed by atoms with Crippen molar-refractivity contribution in [2.24, 2.45) is 0 Å². The zero-order valence-electron chi connectivity index (χ0n) is 9.80. The molecule has 0 fully saturated rings. The highest BCUT2D eigenvalue weighted by molar-refractivity contribution is 5.72. The Morgan fingerprint density at radius 2 is 2.00 bits per heavy atom. The number of fused-ring (bicyclic) bond motifs is 1. The first-order valence-electron chi connectivity index (χ1n) is 5.27. The fourth-order valence-electron chi connectivity index (χ4n) is 1.96. The monoisotopic (exact) mass is 229 g/mol. The van der Waals surface area contributed by atoms with Crippen LogP contribution >= 0.6 is 0 Å². The number of aromatic nitrogens is 5. The Morgan fingerprint density at radius 1 is 1.18 bits per heavy atom. The predicted octanol–water partition coefficient (Wildman–Crippen LogP) is 1.70. The van der Waals surface area contributed by atoms with Crippen LogP contribution in [-0.4, -0.2) is 24.8 Å². The van der Waals surface area contributed by atoms with Crippen molar-refractivity contribution >= 4 is 5.52 Å². The zero-order chi connectivity index (χ0) is 12.0. The maximum absolute atomic E-state index is 5.44. The lowest BCUT2D eigenvalue weighted by molar-refractivity contribution is 0.532. The molecule has 0 spiro atoms. The van der Waals surface area contributed by atoms with E-state index in [1.165, 1.54) is 6.33 Å². The molecule has 6 nitrogen and oxygen atoms in total. The van der Waals surface area contributed by atoms with Gasteiger partial charge in [0.05, 0.1) is 16.8 Å². The smallest absolute Gasteiger partial charge is 0.249 e. The first kappa shape index (κ1) is 9.95. The predicted molar refractivity (Wildman–Crippen MR) is 60.5 cm³/mol. The molecule has 0 aliphatic heterocycles. The quantitative estimate of drug-likeness (QED) is 0.635. The Hall–Kier alpha value is -2.24. The summed E-state index contributed by atoms with van der Waals surface area (Å²) in [7, 11) is 0. The number of hydrogen-bond acceptors (Lipinski definition) is 5. The Balaban J connectivity index is 2.32. The van der Waals surface area contributed by atoms with Crippen LogP contribution in [0.25, 0.3) is 17.0 Å². The van der Waals surface area contributed by atoms with E-state index < -0.39 is 0 Å². The summed E-state index contributed by atoms with van der Waals surface area (Å²) in [5.41, 5.74) is 3.86. The lowest BCUT2D eigenvalue weighted by Gasteiger charge is -1.97. The number of nitrogens with zero attached hydrogens (tertiary/aromatic N) is 5. The van der Waals surface area contributed by atoms with E-state index in [9.17, 15) is 0 Å². The molecule has 3 heterocycles. The fourth-order valence-corrected chi connectivity index (χ4v) is 1.96. The molecule has 0 amide bonds. The Labute approximate surface area is 97.3 Å². The van der Waals surface area contributed by atoms with Gasteiger partial charge in [0.1, 0.15) is 6.33 Å². The molecule has 0 bridgehead atoms. The first-order chi connectivity index (χ1) is 8.16. The van der Waals surface area contributed by atoms with Gasteiger partial charge in [-0.15, -0.1) is 10.2 Å². The van der Waals surface area contributed by atoms with E-state index in [1.807, 2.05) is 20.0 Å². The summed E-state index contributed by atoms with van der Waals surface area (Å²) in [4.78, 5) is 4.18. The van der Waals surface area contributed by atoms with Crippen LogP contribution in [0.4, 0.5) is 0 Å². The molecule has 6 heteroatoms. The minimum atomic E-state index is 0.518. The largest absolute Gasteiger partial charge is 0.421 e. The van der Waals surface area contributed by atoms with Crippen molar-refractivity contribution in [1.29, 1.82) is 0 Å². The van der Waals surface area contributed by atoms with Gasteiger partial charge in [-0.1, -0.05) is 0 Å². The van der Waals surface area contributed by atoms with Crippen LogP contribution in [0.3, 0.4) is 0 Å². The highest BCUT2D eigenvalue weighted by Crippen LogP contribution is 2.27. The molecule has 0 aliphatic carbocycles. The summed E-state index contributed by atoms with van der Waals surface area (Å²) in [5, 5.41) is 12.0. The molecule has 3 aromatic heterocycles. The van der Waals surface area contributed by atoms with Gasteiger partial charge < -0.3 is 4.42 Å². The minimum absolute atomic E-state index is 0.518. The van der Waals surface area contributed by atoms with Crippen LogP contribution < -0.4 is 0 Å². The average Bonchev–Trinajstić information content (AvgIpc) is 2.84. The molecule has 0 saturated carbocycles. The van der Waals surface area contributed by atoms with Crippen LogP contribution in [0.5, 0.6) is 0 Å². The second-order valence-corrected chi connectivity index (χ2v) is 3.93. The molecule has 3 aromatic rings. The van der Waals surface area contributed by atoms with Crippen molar-refractivity contribution < 1.29 is 4.42 Å². The van der Waals surface area contributed by atoms with Gasteiger partial charge in [0.2, 0.25) is 11.8 Å². The third-order valence-corrected chi connectivity index (χ3v) is 2.77. The van der Waals surface area contributed by atoms with Gasteiger partial charge in [0, 0.05) is 13.1 Å². The summed E-state index contributed by atoms with van der Waals surface area (Å²) in [6, 6.07) is 0. The van der Waals surface area contributed by atoms with Gasteiger partial charge >= 0.3 is 0 Å². The summed E-state index contributed by atoms with van der Waals surface area (Å²) in [6.45, 7) is 5.72. The van der Waals surface area contributed by atoms with Crippen LogP contribution in [0.2, 0.25) is 0 Å². The van der Waals surface area contributed by atoms with Gasteiger partial charge in [-0.05, 0) is 19.4 Å². The summed E-state index contributed by atoms with van der Waals surface area (Å²) in [6.07, 6.45) is 3.41. The standard InChI is InChI=1S/C11H11N5O/c1-6-9(11-15-14-8(3)17-11)4-16-10(6)7(2)12-5-13-16/h4-5H,1-3H3. The Morgan fingerprint density at radius 3 is 2.65 bits per heavy atom. The van der Waals surface area contributed by atoms with Crippen LogP contribution in [0.1, 0.15) is 17.1 Å². The Bertz CT molecular complexity index is 697. The van der Waals surface area contributed by atoms with Crippen LogP contribution in [-0.2, 0) is 0 Å². The van der Waals surface area contributed by atoms with Crippen LogP contribution in [0.15, 0.2) is 16.9 Å². The molecule has 0 aromatic carbocycles. The highest BCUT2D eigenvalue weighted by atomic mass is 16.4. The lowest BCUT2D eigenvalue weighted by atomic mass is 10.2. The first-order valence-corrected chi connectivity index (χ1v) is 5.27. The number of aryl methyl sites for hydroxylation is 3. The third kappa shape index (κ3) is 1.41. The van der Waals surface area contributed by atoms with Gasteiger partial charge in [-0.3, -0.25) is 0 Å². The van der Waals surface area contributed by atoms with E-state index in [0.717, 1.165) is 22.3 Å². The maximum atomic E-state index is 5.44. The SMILES string of the molecule is Cc1nnc(-c2cn3ncnc(C)c3c2C)o1. The van der Waals surface area contributed by atoms with E-state index in [-0.39, 0.29) is 0 Å². The molecular weight excluding hydrogens is 218 g/mol. The third-order valence-electron chi connectivity index (χ3n) is 2.77. The molecule has 0 unspecified atom stereocenters. The van der Waals surface area contributed by atoms with Gasteiger partial charge in [-0.25, -0.2) is 9.50 Å². The molecule has 0 radical (unpaired) electrons. The van der Waals surface area contributed by atoms with E-state index in [1.54, 1.807) is 11.4 Å². The van der Waals surface area contributed by atoms with Crippen molar-refractivity contribution in [3.05, 3.63) is 29.7 Å². The van der Waals surface area contributed by atoms with E-state index >= 15 is 0 Å². The molecule has 17 heavy (non-hydrogen) atoms. The second-order valence-electron chi connectivity index (χ2n) is 3.93. The Kier molecular flexibility index (Phi) is 1.98. The van der Waals surface area contributed by atoms with Gasteiger partial charge in [0.15, 0.2) is 0 Å². The minimum Gasteiger partial charge on any atom is -0.421 e. The van der Waals surface area contributed by atoms with Crippen molar-refractivity contribution in [2.75, 3.05) is 0 Å². The van der Waals surface area contributed by atoms with Crippen molar-refractivity contribution in [3.63, 3.8) is 0 Å². The van der Waals surface area contributed by atoms with Crippen molar-refractivity contribution in [2.45, 2.75) is 20.8 Å². The average molecular weight is 229 g/mol. The molecule has 3 rings (SSSR count). The summed E-state index contributed by atoms with van der Waals surface area (Å²) < 4.78 is 7.22. The van der Waals surface area contributed by atoms with Gasteiger partial charge in [0.25, 0.3) is 0 Å². The zero-order valence-corrected chi connectivity index (χ0v) is 9.80. The van der Waals surface area contributed by atoms with Crippen molar-refractivity contribution in [1.82, 2.24) is 24.8 Å². The number of hydrogen-bond donors (Lipinski definition) is 0. The fraction of sp³-hybridized carbons (Fsp3) is 0.273. The van der Waals surface area contributed by atoms with E-state index in [0.29, 0.717) is 11.8 Å². The lowest BCUT2D eigenvalue weighted by Crippen LogP contribution is -1.94. The van der Waals surface area contributed by atoms with Crippen molar-refractivity contribution in [3.8, 4) is 11.5 Å². The topological polar surface area (TPSA) is 69.1 Å².